The highest BCUT2D eigenvalue weighted by Crippen LogP contribution is 2.41. The van der Waals surface area contributed by atoms with Crippen molar-refractivity contribution >= 4 is 31.9 Å². The van der Waals surface area contributed by atoms with Crippen molar-refractivity contribution < 1.29 is 17.9 Å². The molecule has 1 aliphatic heterocycles. The average Bonchev–Trinajstić information content (AvgIpc) is 2.61. The molecular weight excluding hydrogens is 406 g/mol. The standard InChI is InChI=1S/C18H24BrNO4S/c1-12-9-10-20(17-6-4-3-5-14(12)17)25(22,23)13-7-8-16(19)15(11-13)18(21)24-2/h7-8,11-12,14,17H,3-6,9-10H2,1-2H3. The number of ether oxygens (including phenoxy) is 1. The third-order valence-electron chi connectivity index (χ3n) is 5.64. The maximum Gasteiger partial charge on any atom is 0.339 e. The van der Waals surface area contributed by atoms with E-state index in [1.54, 1.807) is 16.4 Å². The maximum absolute atomic E-state index is 13.3. The van der Waals surface area contributed by atoms with Crippen LogP contribution in [-0.2, 0) is 14.8 Å². The molecule has 2 fully saturated rings. The number of esters is 1. The topological polar surface area (TPSA) is 63.7 Å². The first kappa shape index (κ1) is 18.9. The van der Waals surface area contributed by atoms with Crippen molar-refractivity contribution in [3.05, 3.63) is 28.2 Å². The number of fused-ring (bicyclic) bond motifs is 1. The minimum Gasteiger partial charge on any atom is -0.465 e. The van der Waals surface area contributed by atoms with E-state index in [0.717, 1.165) is 25.7 Å². The Morgan fingerprint density at radius 3 is 2.68 bits per heavy atom. The fourth-order valence-electron chi connectivity index (χ4n) is 4.24. The summed E-state index contributed by atoms with van der Waals surface area (Å²) in [5, 5.41) is 0. The van der Waals surface area contributed by atoms with Gasteiger partial charge in [-0.2, -0.15) is 4.31 Å². The summed E-state index contributed by atoms with van der Waals surface area (Å²) in [6, 6.07) is 4.65. The Morgan fingerprint density at radius 2 is 1.96 bits per heavy atom. The van der Waals surface area contributed by atoms with Crippen LogP contribution >= 0.6 is 15.9 Å². The molecule has 2 aliphatic rings. The SMILES string of the molecule is COC(=O)c1cc(S(=O)(=O)N2CCC(C)C3CCCCC32)ccc1Br. The average molecular weight is 430 g/mol. The van der Waals surface area contributed by atoms with Crippen LogP contribution in [0.15, 0.2) is 27.6 Å². The molecule has 0 bridgehead atoms. The molecular formula is C18H24BrNO4S. The molecule has 0 radical (unpaired) electrons. The zero-order chi connectivity index (χ0) is 18.2. The van der Waals surface area contributed by atoms with Crippen molar-refractivity contribution in [3.8, 4) is 0 Å². The largest absolute Gasteiger partial charge is 0.465 e. The molecule has 1 aromatic rings. The summed E-state index contributed by atoms with van der Waals surface area (Å²) in [4.78, 5) is 12.1. The normalized spacial score (nSPS) is 27.6. The van der Waals surface area contributed by atoms with Crippen molar-refractivity contribution in [1.29, 1.82) is 0 Å². The van der Waals surface area contributed by atoms with E-state index in [9.17, 15) is 13.2 Å². The number of sulfonamides is 1. The number of carbonyl (C=O) groups is 1. The lowest BCUT2D eigenvalue weighted by Gasteiger charge is -2.46. The predicted octanol–water partition coefficient (Wildman–Crippen LogP) is 3.83. The smallest absolute Gasteiger partial charge is 0.339 e. The molecule has 1 saturated carbocycles. The number of nitrogens with zero attached hydrogens (tertiary/aromatic N) is 1. The molecule has 0 amide bonds. The highest BCUT2D eigenvalue weighted by atomic mass is 79.9. The third kappa shape index (κ3) is 3.51. The first-order valence-electron chi connectivity index (χ1n) is 8.76. The van der Waals surface area contributed by atoms with E-state index in [0.29, 0.717) is 22.9 Å². The minimum atomic E-state index is -3.63. The highest BCUT2D eigenvalue weighted by molar-refractivity contribution is 9.10. The maximum atomic E-state index is 13.3. The summed E-state index contributed by atoms with van der Waals surface area (Å²) in [5.74, 6) is 0.451. The minimum absolute atomic E-state index is 0.0766. The van der Waals surface area contributed by atoms with Gasteiger partial charge in [0, 0.05) is 17.1 Å². The van der Waals surface area contributed by atoms with Crippen LogP contribution in [0.1, 0.15) is 49.4 Å². The van der Waals surface area contributed by atoms with Crippen LogP contribution in [0.5, 0.6) is 0 Å². The fourth-order valence-corrected chi connectivity index (χ4v) is 6.39. The van der Waals surface area contributed by atoms with E-state index >= 15 is 0 Å². The summed E-state index contributed by atoms with van der Waals surface area (Å²) in [5.41, 5.74) is 0.231. The molecule has 3 atom stereocenters. The summed E-state index contributed by atoms with van der Waals surface area (Å²) in [6.07, 6.45) is 5.18. The summed E-state index contributed by atoms with van der Waals surface area (Å²) in [6.45, 7) is 2.79. The zero-order valence-corrected chi connectivity index (χ0v) is 17.0. The van der Waals surface area contributed by atoms with Gasteiger partial charge in [-0.1, -0.05) is 19.8 Å². The van der Waals surface area contributed by atoms with Crippen LogP contribution in [0.2, 0.25) is 0 Å². The fraction of sp³-hybridized carbons (Fsp3) is 0.611. The van der Waals surface area contributed by atoms with Crippen LogP contribution in [0.4, 0.5) is 0 Å². The van der Waals surface area contributed by atoms with Crippen molar-refractivity contribution in [2.24, 2.45) is 11.8 Å². The Bertz CT molecular complexity index is 764. The first-order valence-corrected chi connectivity index (χ1v) is 11.0. The lowest BCUT2D eigenvalue weighted by molar-refractivity contribution is 0.0599. The van der Waals surface area contributed by atoms with Gasteiger partial charge in [-0.3, -0.25) is 0 Å². The third-order valence-corrected chi connectivity index (χ3v) is 8.25. The van der Waals surface area contributed by atoms with Gasteiger partial charge in [-0.05, 0) is 65.2 Å². The van der Waals surface area contributed by atoms with E-state index in [4.69, 9.17) is 4.74 Å². The van der Waals surface area contributed by atoms with Crippen molar-refractivity contribution in [2.45, 2.75) is 50.0 Å². The molecule has 0 N–H and O–H groups in total. The van der Waals surface area contributed by atoms with Crippen LogP contribution < -0.4 is 0 Å². The van der Waals surface area contributed by atoms with Gasteiger partial charge in [0.15, 0.2) is 0 Å². The lowest BCUT2D eigenvalue weighted by Crippen LogP contribution is -2.52. The van der Waals surface area contributed by atoms with E-state index < -0.39 is 16.0 Å². The van der Waals surface area contributed by atoms with Crippen LogP contribution in [-0.4, -0.2) is 38.4 Å². The molecule has 7 heteroatoms. The molecule has 25 heavy (non-hydrogen) atoms. The Balaban J connectivity index is 1.97. The molecule has 1 aromatic carbocycles. The van der Waals surface area contributed by atoms with Crippen LogP contribution in [0.25, 0.3) is 0 Å². The molecule has 1 saturated heterocycles. The van der Waals surface area contributed by atoms with E-state index in [-0.39, 0.29) is 16.5 Å². The second kappa shape index (κ2) is 7.37. The Hall–Kier alpha value is -0.920. The van der Waals surface area contributed by atoms with Crippen LogP contribution in [0.3, 0.4) is 0 Å². The summed E-state index contributed by atoms with van der Waals surface area (Å²) >= 11 is 3.29. The summed E-state index contributed by atoms with van der Waals surface area (Å²) in [7, 11) is -2.35. The van der Waals surface area contributed by atoms with E-state index in [2.05, 4.69) is 22.9 Å². The van der Waals surface area contributed by atoms with Crippen molar-refractivity contribution in [1.82, 2.24) is 4.31 Å². The second-order valence-electron chi connectivity index (χ2n) is 7.03. The zero-order valence-electron chi connectivity index (χ0n) is 14.6. The number of piperidine rings is 1. The number of benzene rings is 1. The Kier molecular flexibility index (Phi) is 5.56. The first-order chi connectivity index (χ1) is 11.9. The number of hydrogen-bond acceptors (Lipinski definition) is 4. The molecule has 5 nitrogen and oxygen atoms in total. The van der Waals surface area contributed by atoms with Gasteiger partial charge in [0.25, 0.3) is 0 Å². The van der Waals surface area contributed by atoms with Gasteiger partial charge in [0.1, 0.15) is 0 Å². The highest BCUT2D eigenvalue weighted by Gasteiger charge is 2.43. The molecule has 1 heterocycles. The van der Waals surface area contributed by atoms with Gasteiger partial charge in [-0.25, -0.2) is 13.2 Å². The van der Waals surface area contributed by atoms with Crippen molar-refractivity contribution in [2.75, 3.05) is 13.7 Å². The van der Waals surface area contributed by atoms with Gasteiger partial charge in [-0.15, -0.1) is 0 Å². The van der Waals surface area contributed by atoms with Crippen molar-refractivity contribution in [3.63, 3.8) is 0 Å². The van der Waals surface area contributed by atoms with Gasteiger partial charge in [0.2, 0.25) is 10.0 Å². The van der Waals surface area contributed by atoms with Gasteiger partial charge >= 0.3 is 5.97 Å². The number of methoxy groups -OCH3 is 1. The van der Waals surface area contributed by atoms with Gasteiger partial charge in [0.05, 0.1) is 17.6 Å². The molecule has 3 rings (SSSR count). The van der Waals surface area contributed by atoms with E-state index in [1.807, 2.05) is 0 Å². The molecule has 0 spiro atoms. The summed E-state index contributed by atoms with van der Waals surface area (Å²) < 4.78 is 33.5. The number of rotatable bonds is 3. The molecule has 1 aliphatic carbocycles. The van der Waals surface area contributed by atoms with Crippen LogP contribution in [0, 0.1) is 11.8 Å². The monoisotopic (exact) mass is 429 g/mol. The molecule has 3 unspecified atom stereocenters. The predicted molar refractivity (Wildman–Crippen MR) is 98.9 cm³/mol. The Morgan fingerprint density at radius 1 is 1.24 bits per heavy atom. The quantitative estimate of drug-likeness (QED) is 0.684. The van der Waals surface area contributed by atoms with Gasteiger partial charge < -0.3 is 4.74 Å². The molecule has 0 aromatic heterocycles. The number of hydrogen-bond donors (Lipinski definition) is 0. The molecule has 138 valence electrons. The Labute approximate surface area is 157 Å². The number of halogens is 1. The second-order valence-corrected chi connectivity index (χ2v) is 9.78. The lowest BCUT2D eigenvalue weighted by atomic mass is 9.74. The van der Waals surface area contributed by atoms with E-state index in [1.165, 1.54) is 19.6 Å². The number of carbonyl (C=O) groups excluding carboxylic acids is 1.